The van der Waals surface area contributed by atoms with Crippen LogP contribution >= 0.6 is 0 Å². The number of nitrogens with one attached hydrogen (secondary N) is 1. The molecule has 0 amide bonds. The SMILES string of the molecule is COc1c(-c2c(C)cccc2C)cc2c(c1-c1nc(C)c(C)[nH]1)OCC2. The molecular formula is C22H24N2O2. The quantitative estimate of drug-likeness (QED) is 0.731. The Morgan fingerprint density at radius 1 is 1.08 bits per heavy atom. The number of fused-ring (bicyclic) bond motifs is 1. The lowest BCUT2D eigenvalue weighted by atomic mass is 9.91. The average molecular weight is 348 g/mol. The van der Waals surface area contributed by atoms with Gasteiger partial charge in [-0.25, -0.2) is 4.98 Å². The third-order valence-electron chi connectivity index (χ3n) is 5.25. The number of aryl methyl sites for hydroxylation is 4. The van der Waals surface area contributed by atoms with E-state index in [2.05, 4.69) is 43.1 Å². The van der Waals surface area contributed by atoms with E-state index in [0.29, 0.717) is 6.61 Å². The summed E-state index contributed by atoms with van der Waals surface area (Å²) >= 11 is 0. The summed E-state index contributed by atoms with van der Waals surface area (Å²) in [6.07, 6.45) is 0.906. The van der Waals surface area contributed by atoms with Crippen LogP contribution in [0.1, 0.15) is 28.1 Å². The lowest BCUT2D eigenvalue weighted by molar-refractivity contribution is 0.354. The van der Waals surface area contributed by atoms with Crippen molar-refractivity contribution >= 4 is 0 Å². The lowest BCUT2D eigenvalue weighted by Gasteiger charge is -2.19. The number of methoxy groups -OCH3 is 1. The number of aromatic amines is 1. The molecular weight excluding hydrogens is 324 g/mol. The van der Waals surface area contributed by atoms with Crippen molar-refractivity contribution in [2.45, 2.75) is 34.1 Å². The third-order valence-corrected chi connectivity index (χ3v) is 5.25. The van der Waals surface area contributed by atoms with Crippen LogP contribution in [0.15, 0.2) is 24.3 Å². The van der Waals surface area contributed by atoms with Crippen LogP contribution in [-0.2, 0) is 6.42 Å². The maximum atomic E-state index is 5.99. The summed E-state index contributed by atoms with van der Waals surface area (Å²) < 4.78 is 11.9. The van der Waals surface area contributed by atoms with Gasteiger partial charge in [0.25, 0.3) is 0 Å². The number of benzene rings is 2. The second kappa shape index (κ2) is 6.20. The number of hydrogen-bond acceptors (Lipinski definition) is 3. The Labute approximate surface area is 154 Å². The first-order chi connectivity index (χ1) is 12.5. The monoisotopic (exact) mass is 348 g/mol. The molecule has 26 heavy (non-hydrogen) atoms. The molecule has 2 aromatic carbocycles. The predicted molar refractivity (Wildman–Crippen MR) is 104 cm³/mol. The maximum absolute atomic E-state index is 5.99. The molecule has 0 spiro atoms. The van der Waals surface area contributed by atoms with Crippen molar-refractivity contribution < 1.29 is 9.47 Å². The van der Waals surface area contributed by atoms with E-state index in [-0.39, 0.29) is 0 Å². The molecule has 1 aliphatic heterocycles. The molecule has 1 aliphatic rings. The van der Waals surface area contributed by atoms with Gasteiger partial charge in [-0.05, 0) is 56.0 Å². The van der Waals surface area contributed by atoms with Crippen molar-refractivity contribution in [2.24, 2.45) is 0 Å². The van der Waals surface area contributed by atoms with Crippen LogP contribution in [-0.4, -0.2) is 23.7 Å². The van der Waals surface area contributed by atoms with Crippen molar-refractivity contribution in [3.8, 4) is 34.0 Å². The van der Waals surface area contributed by atoms with E-state index in [9.17, 15) is 0 Å². The molecule has 134 valence electrons. The third kappa shape index (κ3) is 2.48. The molecule has 4 nitrogen and oxygen atoms in total. The van der Waals surface area contributed by atoms with Crippen LogP contribution in [0.25, 0.3) is 22.5 Å². The molecule has 0 bridgehead atoms. The zero-order chi connectivity index (χ0) is 18.4. The molecule has 1 aromatic heterocycles. The van der Waals surface area contributed by atoms with Gasteiger partial charge < -0.3 is 14.5 Å². The Morgan fingerprint density at radius 3 is 2.42 bits per heavy atom. The summed E-state index contributed by atoms with van der Waals surface area (Å²) in [6, 6.07) is 8.61. The van der Waals surface area contributed by atoms with Gasteiger partial charge in [0.05, 0.1) is 19.4 Å². The fraction of sp³-hybridized carbons (Fsp3) is 0.318. The number of imidazole rings is 1. The van der Waals surface area contributed by atoms with Gasteiger partial charge in [0, 0.05) is 17.7 Å². The van der Waals surface area contributed by atoms with Crippen LogP contribution in [0, 0.1) is 27.7 Å². The molecule has 0 radical (unpaired) electrons. The zero-order valence-electron chi connectivity index (χ0n) is 16.0. The first kappa shape index (κ1) is 16.7. The molecule has 2 heterocycles. The standard InChI is InChI=1S/C22H24N2O2/c1-12-7-6-8-13(2)18(12)17-11-16-9-10-26-20(16)19(21(17)25-5)22-23-14(3)15(4)24-22/h6-8,11H,9-10H2,1-5H3,(H,23,24). The van der Waals surface area contributed by atoms with Crippen molar-refractivity contribution in [1.29, 1.82) is 0 Å². The highest BCUT2D eigenvalue weighted by Crippen LogP contribution is 2.49. The van der Waals surface area contributed by atoms with Gasteiger partial charge in [-0.2, -0.15) is 0 Å². The van der Waals surface area contributed by atoms with Gasteiger partial charge in [0.15, 0.2) is 0 Å². The minimum Gasteiger partial charge on any atom is -0.495 e. The Morgan fingerprint density at radius 2 is 1.81 bits per heavy atom. The van der Waals surface area contributed by atoms with Gasteiger partial charge in [0.2, 0.25) is 0 Å². The van der Waals surface area contributed by atoms with Gasteiger partial charge >= 0.3 is 0 Å². The first-order valence-electron chi connectivity index (χ1n) is 8.98. The van der Waals surface area contributed by atoms with Crippen LogP contribution < -0.4 is 9.47 Å². The highest BCUT2D eigenvalue weighted by molar-refractivity contribution is 5.88. The summed E-state index contributed by atoms with van der Waals surface area (Å²) in [4.78, 5) is 8.13. The van der Waals surface area contributed by atoms with Crippen LogP contribution in [0.2, 0.25) is 0 Å². The Hall–Kier alpha value is -2.75. The van der Waals surface area contributed by atoms with Crippen molar-refractivity contribution in [3.63, 3.8) is 0 Å². The molecule has 0 aliphatic carbocycles. The lowest BCUT2D eigenvalue weighted by Crippen LogP contribution is -1.99. The highest BCUT2D eigenvalue weighted by atomic mass is 16.5. The summed E-state index contributed by atoms with van der Waals surface area (Å²) in [7, 11) is 1.72. The second-order valence-corrected chi connectivity index (χ2v) is 6.98. The molecule has 4 rings (SSSR count). The predicted octanol–water partition coefficient (Wildman–Crippen LogP) is 4.92. The topological polar surface area (TPSA) is 47.1 Å². The summed E-state index contributed by atoms with van der Waals surface area (Å²) in [5.74, 6) is 2.52. The summed E-state index contributed by atoms with van der Waals surface area (Å²) in [5, 5.41) is 0. The van der Waals surface area contributed by atoms with Crippen LogP contribution in [0.3, 0.4) is 0 Å². The average Bonchev–Trinajstić information content (AvgIpc) is 3.20. The number of aromatic nitrogens is 2. The Kier molecular flexibility index (Phi) is 3.98. The van der Waals surface area contributed by atoms with Gasteiger partial charge in [-0.3, -0.25) is 0 Å². The van der Waals surface area contributed by atoms with E-state index in [1.807, 2.05) is 13.8 Å². The molecule has 0 fully saturated rings. The summed E-state index contributed by atoms with van der Waals surface area (Å²) in [6.45, 7) is 9.03. The number of ether oxygens (including phenoxy) is 2. The first-order valence-corrected chi connectivity index (χ1v) is 8.98. The van der Waals surface area contributed by atoms with E-state index in [1.54, 1.807) is 7.11 Å². The fourth-order valence-corrected chi connectivity index (χ4v) is 3.84. The van der Waals surface area contributed by atoms with E-state index < -0.39 is 0 Å². The smallest absolute Gasteiger partial charge is 0.145 e. The van der Waals surface area contributed by atoms with Crippen LogP contribution in [0.5, 0.6) is 11.5 Å². The number of rotatable bonds is 3. The minimum absolute atomic E-state index is 0.695. The van der Waals surface area contributed by atoms with E-state index in [4.69, 9.17) is 14.5 Å². The molecule has 3 aromatic rings. The fourth-order valence-electron chi connectivity index (χ4n) is 3.84. The number of nitrogens with zero attached hydrogens (tertiary/aromatic N) is 1. The van der Waals surface area contributed by atoms with E-state index in [1.165, 1.54) is 22.3 Å². The van der Waals surface area contributed by atoms with Crippen molar-refractivity contribution in [2.75, 3.05) is 13.7 Å². The van der Waals surface area contributed by atoms with Crippen molar-refractivity contribution in [3.05, 3.63) is 52.3 Å². The highest BCUT2D eigenvalue weighted by Gasteiger charge is 2.28. The summed E-state index contributed by atoms with van der Waals surface area (Å²) in [5.41, 5.74) is 8.99. The molecule has 4 heteroatoms. The number of hydrogen-bond donors (Lipinski definition) is 1. The minimum atomic E-state index is 0.695. The number of H-pyrrole nitrogens is 1. The Balaban J connectivity index is 2.07. The molecule has 0 saturated heterocycles. The zero-order valence-corrected chi connectivity index (χ0v) is 16.0. The van der Waals surface area contributed by atoms with Gasteiger partial charge in [-0.1, -0.05) is 18.2 Å². The Bertz CT molecular complexity index is 962. The van der Waals surface area contributed by atoms with Crippen molar-refractivity contribution in [1.82, 2.24) is 9.97 Å². The second-order valence-electron chi connectivity index (χ2n) is 6.98. The largest absolute Gasteiger partial charge is 0.495 e. The maximum Gasteiger partial charge on any atom is 0.145 e. The normalized spacial score (nSPS) is 12.8. The molecule has 0 unspecified atom stereocenters. The molecule has 0 saturated carbocycles. The van der Waals surface area contributed by atoms with Gasteiger partial charge in [0.1, 0.15) is 22.9 Å². The van der Waals surface area contributed by atoms with E-state index >= 15 is 0 Å². The van der Waals surface area contributed by atoms with E-state index in [0.717, 1.165) is 46.3 Å². The molecule has 0 atom stereocenters. The molecule has 1 N–H and O–H groups in total. The van der Waals surface area contributed by atoms with Crippen LogP contribution in [0.4, 0.5) is 0 Å². The van der Waals surface area contributed by atoms with Gasteiger partial charge in [-0.15, -0.1) is 0 Å².